The van der Waals surface area contributed by atoms with Gasteiger partial charge in [0.2, 0.25) is 5.91 Å². The normalized spacial score (nSPS) is 12.6. The van der Waals surface area contributed by atoms with Crippen molar-refractivity contribution in [2.45, 2.75) is 39.2 Å². The standard InChI is InChI=1S/C17H26N2O3/c1-12(15(20)18-10-11-22-5)19-16(21)13-6-8-14(9-7-13)17(2,3)4/h6-9,12H,10-11H2,1-5H3,(H,18,20)(H,19,21)/t12-/m0/s1. The number of nitrogens with one attached hydrogen (secondary N) is 2. The van der Waals surface area contributed by atoms with E-state index >= 15 is 0 Å². The fraction of sp³-hybridized carbons (Fsp3) is 0.529. The van der Waals surface area contributed by atoms with E-state index in [2.05, 4.69) is 31.4 Å². The van der Waals surface area contributed by atoms with Gasteiger partial charge in [-0.3, -0.25) is 9.59 Å². The van der Waals surface area contributed by atoms with Gasteiger partial charge in [0.05, 0.1) is 6.61 Å². The number of carbonyl (C=O) groups is 2. The van der Waals surface area contributed by atoms with Crippen molar-refractivity contribution >= 4 is 11.8 Å². The molecule has 0 fully saturated rings. The minimum Gasteiger partial charge on any atom is -0.383 e. The van der Waals surface area contributed by atoms with Crippen LogP contribution in [-0.4, -0.2) is 38.1 Å². The Morgan fingerprint density at radius 3 is 2.27 bits per heavy atom. The molecule has 0 spiro atoms. The van der Waals surface area contributed by atoms with Crippen LogP contribution in [0.25, 0.3) is 0 Å². The number of hydrogen-bond acceptors (Lipinski definition) is 3. The van der Waals surface area contributed by atoms with E-state index in [1.807, 2.05) is 12.1 Å². The lowest BCUT2D eigenvalue weighted by Gasteiger charge is -2.19. The van der Waals surface area contributed by atoms with Crippen LogP contribution in [0.3, 0.4) is 0 Å². The van der Waals surface area contributed by atoms with Crippen LogP contribution >= 0.6 is 0 Å². The number of carbonyl (C=O) groups excluding carboxylic acids is 2. The second-order valence-corrected chi connectivity index (χ2v) is 6.31. The monoisotopic (exact) mass is 306 g/mol. The van der Waals surface area contributed by atoms with Crippen molar-refractivity contribution in [3.63, 3.8) is 0 Å². The van der Waals surface area contributed by atoms with Gasteiger partial charge in [-0.15, -0.1) is 0 Å². The first-order valence-corrected chi connectivity index (χ1v) is 7.43. The molecule has 5 nitrogen and oxygen atoms in total. The number of benzene rings is 1. The molecule has 0 aliphatic heterocycles. The fourth-order valence-corrected chi connectivity index (χ4v) is 1.90. The molecule has 5 heteroatoms. The van der Waals surface area contributed by atoms with E-state index in [-0.39, 0.29) is 17.2 Å². The molecule has 2 amide bonds. The van der Waals surface area contributed by atoms with Crippen LogP contribution in [0.4, 0.5) is 0 Å². The lowest BCUT2D eigenvalue weighted by Crippen LogP contribution is -2.45. The molecule has 0 saturated heterocycles. The molecule has 122 valence electrons. The van der Waals surface area contributed by atoms with Crippen molar-refractivity contribution in [1.29, 1.82) is 0 Å². The molecule has 0 unspecified atom stereocenters. The molecule has 0 heterocycles. The average molecular weight is 306 g/mol. The van der Waals surface area contributed by atoms with E-state index in [9.17, 15) is 9.59 Å². The molecule has 0 bridgehead atoms. The Balaban J connectivity index is 2.59. The molecule has 0 radical (unpaired) electrons. The smallest absolute Gasteiger partial charge is 0.251 e. The van der Waals surface area contributed by atoms with E-state index < -0.39 is 6.04 Å². The molecule has 0 aromatic heterocycles. The Bertz CT molecular complexity index is 504. The van der Waals surface area contributed by atoms with Gasteiger partial charge >= 0.3 is 0 Å². The van der Waals surface area contributed by atoms with Gasteiger partial charge < -0.3 is 15.4 Å². The Morgan fingerprint density at radius 2 is 1.77 bits per heavy atom. The lowest BCUT2D eigenvalue weighted by molar-refractivity contribution is -0.122. The highest BCUT2D eigenvalue weighted by Crippen LogP contribution is 2.22. The van der Waals surface area contributed by atoms with E-state index in [1.54, 1.807) is 26.2 Å². The number of hydrogen-bond donors (Lipinski definition) is 2. The molecule has 1 aromatic carbocycles. The van der Waals surface area contributed by atoms with Gasteiger partial charge in [-0.2, -0.15) is 0 Å². The summed E-state index contributed by atoms with van der Waals surface area (Å²) in [5.74, 6) is -0.480. The zero-order chi connectivity index (χ0) is 16.8. The number of rotatable bonds is 6. The van der Waals surface area contributed by atoms with Crippen molar-refractivity contribution < 1.29 is 14.3 Å². The SMILES string of the molecule is COCCNC(=O)[C@H](C)NC(=O)c1ccc(C(C)(C)C)cc1. The zero-order valence-corrected chi connectivity index (χ0v) is 14.0. The Labute approximate surface area is 132 Å². The van der Waals surface area contributed by atoms with Gasteiger partial charge in [-0.1, -0.05) is 32.9 Å². The van der Waals surface area contributed by atoms with Crippen molar-refractivity contribution in [2.24, 2.45) is 0 Å². The first kappa shape index (κ1) is 18.2. The molecule has 0 saturated carbocycles. The highest BCUT2D eigenvalue weighted by molar-refractivity contribution is 5.97. The second-order valence-electron chi connectivity index (χ2n) is 6.31. The summed E-state index contributed by atoms with van der Waals surface area (Å²) in [5, 5.41) is 5.38. The molecular formula is C17H26N2O3. The van der Waals surface area contributed by atoms with E-state index in [0.29, 0.717) is 18.7 Å². The van der Waals surface area contributed by atoms with E-state index in [1.165, 1.54) is 0 Å². The molecular weight excluding hydrogens is 280 g/mol. The third-order valence-corrected chi connectivity index (χ3v) is 3.36. The summed E-state index contributed by atoms with van der Waals surface area (Å²) < 4.78 is 4.86. The fourth-order valence-electron chi connectivity index (χ4n) is 1.90. The second kappa shape index (κ2) is 7.94. The Kier molecular flexibility index (Phi) is 6.56. The van der Waals surface area contributed by atoms with Crippen LogP contribution in [0, 0.1) is 0 Å². The van der Waals surface area contributed by atoms with Gasteiger partial charge in [0.1, 0.15) is 6.04 Å². The molecule has 0 aliphatic rings. The molecule has 2 N–H and O–H groups in total. The molecule has 22 heavy (non-hydrogen) atoms. The van der Waals surface area contributed by atoms with Crippen molar-refractivity contribution in [1.82, 2.24) is 10.6 Å². The van der Waals surface area contributed by atoms with Crippen LogP contribution < -0.4 is 10.6 Å². The minimum absolute atomic E-state index is 0.0452. The average Bonchev–Trinajstić information content (AvgIpc) is 2.46. The van der Waals surface area contributed by atoms with E-state index in [4.69, 9.17) is 4.74 Å². The van der Waals surface area contributed by atoms with Crippen molar-refractivity contribution in [2.75, 3.05) is 20.3 Å². The van der Waals surface area contributed by atoms with Gasteiger partial charge in [0.15, 0.2) is 0 Å². The van der Waals surface area contributed by atoms with Crippen LogP contribution in [0.1, 0.15) is 43.6 Å². The summed E-state index contributed by atoms with van der Waals surface area (Å²) in [6.45, 7) is 8.89. The predicted molar refractivity (Wildman–Crippen MR) is 87.0 cm³/mol. The maximum Gasteiger partial charge on any atom is 0.251 e. The van der Waals surface area contributed by atoms with Crippen molar-refractivity contribution in [3.8, 4) is 0 Å². The van der Waals surface area contributed by atoms with Crippen LogP contribution in [0.15, 0.2) is 24.3 Å². The largest absolute Gasteiger partial charge is 0.383 e. The van der Waals surface area contributed by atoms with Gasteiger partial charge in [-0.25, -0.2) is 0 Å². The van der Waals surface area contributed by atoms with Crippen LogP contribution in [-0.2, 0) is 14.9 Å². The van der Waals surface area contributed by atoms with Crippen LogP contribution in [0.5, 0.6) is 0 Å². The topological polar surface area (TPSA) is 67.4 Å². The summed E-state index contributed by atoms with van der Waals surface area (Å²) in [7, 11) is 1.57. The summed E-state index contributed by atoms with van der Waals surface area (Å²) in [5.41, 5.74) is 1.75. The van der Waals surface area contributed by atoms with Crippen LogP contribution in [0.2, 0.25) is 0 Å². The first-order chi connectivity index (χ1) is 10.3. The zero-order valence-electron chi connectivity index (χ0n) is 14.0. The lowest BCUT2D eigenvalue weighted by atomic mass is 9.86. The third kappa shape index (κ3) is 5.48. The quantitative estimate of drug-likeness (QED) is 0.788. The highest BCUT2D eigenvalue weighted by Gasteiger charge is 2.17. The third-order valence-electron chi connectivity index (χ3n) is 3.36. The molecule has 0 aliphatic carbocycles. The van der Waals surface area contributed by atoms with Gasteiger partial charge in [0.25, 0.3) is 5.91 Å². The summed E-state index contributed by atoms with van der Waals surface area (Å²) in [6.07, 6.45) is 0. The first-order valence-electron chi connectivity index (χ1n) is 7.43. The van der Waals surface area contributed by atoms with Crippen molar-refractivity contribution in [3.05, 3.63) is 35.4 Å². The van der Waals surface area contributed by atoms with E-state index in [0.717, 1.165) is 5.56 Å². The molecule has 1 rings (SSSR count). The number of ether oxygens (including phenoxy) is 1. The highest BCUT2D eigenvalue weighted by atomic mass is 16.5. The van der Waals surface area contributed by atoms with Gasteiger partial charge in [-0.05, 0) is 30.0 Å². The summed E-state index contributed by atoms with van der Waals surface area (Å²) in [4.78, 5) is 23.9. The number of amides is 2. The maximum atomic E-state index is 12.1. The minimum atomic E-state index is -0.591. The summed E-state index contributed by atoms with van der Waals surface area (Å²) >= 11 is 0. The maximum absolute atomic E-state index is 12.1. The molecule has 1 atom stereocenters. The molecule has 1 aromatic rings. The Hall–Kier alpha value is -1.88. The Morgan fingerprint density at radius 1 is 1.18 bits per heavy atom. The summed E-state index contributed by atoms with van der Waals surface area (Å²) in [6, 6.07) is 6.86. The van der Waals surface area contributed by atoms with Gasteiger partial charge in [0, 0.05) is 19.2 Å². The predicted octanol–water partition coefficient (Wildman–Crippen LogP) is 1.86. The number of methoxy groups -OCH3 is 1.